The van der Waals surface area contributed by atoms with E-state index in [9.17, 15) is 67.1 Å². The number of carboxylic acid groups (broad SMARTS) is 2. The highest BCUT2D eigenvalue weighted by Gasteiger charge is 2.54. The van der Waals surface area contributed by atoms with Crippen LogP contribution in [-0.4, -0.2) is 169 Å². The number of hydrogen-bond donors (Lipinski definition) is 13. The van der Waals surface area contributed by atoms with Gasteiger partial charge < -0.3 is 67.3 Å². The Balaban J connectivity index is 1.46. The van der Waals surface area contributed by atoms with Crippen LogP contribution in [-0.2, 0) is 68.0 Å². The van der Waals surface area contributed by atoms with Crippen LogP contribution in [0.2, 0.25) is 0 Å². The van der Waals surface area contributed by atoms with Crippen LogP contribution in [0.25, 0.3) is 10.8 Å². The number of aromatic hydroxyl groups is 1. The molecule has 0 aliphatic rings. The number of nitrogens with one attached hydrogen (secondary N) is 7. The molecule has 494 valence electrons. The average Bonchev–Trinajstić information content (AvgIpc) is 0.969. The summed E-state index contributed by atoms with van der Waals surface area (Å²) >= 11 is 1.07. The fourth-order valence-electron chi connectivity index (χ4n) is 8.80. The molecule has 0 fully saturated rings. The number of phenols is 1. The van der Waals surface area contributed by atoms with E-state index in [0.717, 1.165) is 22.4 Å². The fraction of sp³-hybridized carbons (Fsp3) is 0.466. The van der Waals surface area contributed by atoms with E-state index in [1.165, 1.54) is 70.3 Å². The van der Waals surface area contributed by atoms with Gasteiger partial charge in [0.25, 0.3) is 0 Å². The molecule has 15 N–H and O–H groups in total. The molecule has 0 saturated carbocycles. The van der Waals surface area contributed by atoms with Gasteiger partial charge >= 0.3 is 34.9 Å². The Morgan fingerprint density at radius 2 is 1.36 bits per heavy atom. The molecule has 4 aromatic carbocycles. The Morgan fingerprint density at radius 1 is 0.767 bits per heavy atom. The van der Waals surface area contributed by atoms with Crippen LogP contribution < -0.4 is 53.2 Å². The zero-order chi connectivity index (χ0) is 66.9. The number of aliphatic carboxylic acids is 2. The molecule has 29 nitrogen and oxygen atoms in total. The van der Waals surface area contributed by atoms with Gasteiger partial charge in [0.1, 0.15) is 40.9 Å². The lowest BCUT2D eigenvalue weighted by Crippen LogP contribution is -2.60. The number of rotatable bonds is 39. The Kier molecular flexibility index (Phi) is 29.4. The first kappa shape index (κ1) is 74.6. The standard InChI is InChI=1S/C58H83N12O17PS2/c1-9-85-88(82,86-10-2)58(5,6)70(81)34-38-22-26-39(27-23-38)63-49(72)35-89-62-31-12-11-18-43(52(75)65-44(56(79)80)19-15-30-61-57(59)60)64-53(76)45(33-50(73)74)66-55(78)51(36(3)4)67-54(77)46(32-37-24-28-40(71)29-25-37)68-87-90(83,84)48-21-14-16-41-42(48)17-13-20-47(41)69(7)8/h13-14,16-17,20-29,34,36,43-46,51,62,68,81H,9-12,15,18-19,30-33,35H2,1-8H3,(H11,59,60,61,64,65,66,67,71,73,74,75,76,77,78,79,80)/p+1/t43-,44-,45-,46-,51-/m0/s1. The SMILES string of the molecule is CCOP(=O)(OCC)C(C)(C)/[N+](O)=C\c1ccc(NC(=O)CSNCCCC[C@H](NC(=O)[C@H](CC(=O)O)NC(=O)[C@@H](NC(=O)[C@H](Cc2ccc(O)cc2)NOS(=O)(=O)c2cccc3c(N(C)C)cccc23)C(C)C)C(=O)N[C@@H](CCCN=C(N)N)C(=O)O)cc1. The van der Waals surface area contributed by atoms with Gasteiger partial charge in [0.05, 0.1) is 25.4 Å². The molecule has 0 radical (unpaired) electrons. The number of nitrogens with zero attached hydrogens (tertiary/aromatic N) is 3. The number of anilines is 2. The van der Waals surface area contributed by atoms with Crippen molar-refractivity contribution in [3.63, 3.8) is 0 Å². The minimum Gasteiger partial charge on any atom is -0.508 e. The Hall–Kier alpha value is -7.90. The number of nitrogens with two attached hydrogens (primary N) is 2. The number of unbranched alkanes of at least 4 members (excludes halogenated alkanes) is 1. The van der Waals surface area contributed by atoms with Gasteiger partial charge in [-0.3, -0.25) is 48.3 Å². The summed E-state index contributed by atoms with van der Waals surface area (Å²) in [6.07, 6.45) is 0.457. The Bertz CT molecular complexity index is 3320. The summed E-state index contributed by atoms with van der Waals surface area (Å²) in [5.41, 5.74) is 15.2. The molecular formula is C58H84N12O17PS2+. The number of carbonyl (C=O) groups is 7. The highest BCUT2D eigenvalue weighted by Crippen LogP contribution is 2.59. The molecule has 0 unspecified atom stereocenters. The van der Waals surface area contributed by atoms with Crippen LogP contribution in [0.3, 0.4) is 0 Å². The van der Waals surface area contributed by atoms with E-state index in [2.05, 4.69) is 41.8 Å². The number of phenolic OH excluding ortho intramolecular Hbond substituents is 1. The maximum absolute atomic E-state index is 14.3. The highest BCUT2D eigenvalue weighted by atomic mass is 32.2. The molecule has 32 heteroatoms. The zero-order valence-electron chi connectivity index (χ0n) is 51.5. The van der Waals surface area contributed by atoms with Crippen LogP contribution in [0.4, 0.5) is 11.4 Å². The smallest absolute Gasteiger partial charge is 0.405 e. The van der Waals surface area contributed by atoms with Crippen molar-refractivity contribution < 1.29 is 85.1 Å². The Morgan fingerprint density at radius 3 is 1.96 bits per heavy atom. The second kappa shape index (κ2) is 35.5. The first-order valence-electron chi connectivity index (χ1n) is 28.8. The second-order valence-electron chi connectivity index (χ2n) is 21.6. The molecule has 0 heterocycles. The van der Waals surface area contributed by atoms with Crippen molar-refractivity contribution in [3.05, 3.63) is 96.1 Å². The molecule has 4 aromatic rings. The van der Waals surface area contributed by atoms with Crippen molar-refractivity contribution >= 4 is 105 Å². The number of guanidine groups is 1. The third-order valence-electron chi connectivity index (χ3n) is 13.7. The van der Waals surface area contributed by atoms with Crippen LogP contribution in [0.15, 0.2) is 94.8 Å². The predicted octanol–water partition coefficient (Wildman–Crippen LogP) is 3.51. The van der Waals surface area contributed by atoms with Crippen LogP contribution in [0.5, 0.6) is 5.75 Å². The summed E-state index contributed by atoms with van der Waals surface area (Å²) in [5, 5.41) is 52.8. The lowest BCUT2D eigenvalue weighted by Gasteiger charge is -2.28. The molecule has 0 spiro atoms. The van der Waals surface area contributed by atoms with Crippen LogP contribution in [0.1, 0.15) is 91.2 Å². The van der Waals surface area contributed by atoms with E-state index in [4.69, 9.17) is 24.8 Å². The number of hydroxylamine groups is 2. The third kappa shape index (κ3) is 22.8. The van der Waals surface area contributed by atoms with Gasteiger partial charge in [-0.1, -0.05) is 62.2 Å². The minimum atomic E-state index is -4.66. The largest absolute Gasteiger partial charge is 0.508 e. The van der Waals surface area contributed by atoms with Crippen molar-refractivity contribution in [2.24, 2.45) is 22.4 Å². The van der Waals surface area contributed by atoms with Gasteiger partial charge in [0, 0.05) is 68.7 Å². The molecular weight excluding hydrogens is 1230 g/mol. The minimum absolute atomic E-state index is 0.0338. The summed E-state index contributed by atoms with van der Waals surface area (Å²) < 4.78 is 61.2. The number of carboxylic acids is 2. The number of benzene rings is 4. The molecule has 0 bridgehead atoms. The number of fused-ring (bicyclic) bond motifs is 1. The highest BCUT2D eigenvalue weighted by molar-refractivity contribution is 7.98. The normalized spacial score (nSPS) is 13.7. The summed E-state index contributed by atoms with van der Waals surface area (Å²) in [4.78, 5) is 99.4. The van der Waals surface area contributed by atoms with Crippen LogP contribution in [0, 0.1) is 5.92 Å². The van der Waals surface area contributed by atoms with E-state index >= 15 is 0 Å². The lowest BCUT2D eigenvalue weighted by atomic mass is 10.0. The number of hydrogen-bond acceptors (Lipinski definition) is 20. The van der Waals surface area contributed by atoms with E-state index in [1.807, 2.05) is 0 Å². The summed E-state index contributed by atoms with van der Waals surface area (Å²) in [6, 6.07) is 13.8. The van der Waals surface area contributed by atoms with Crippen molar-refractivity contribution in [3.8, 4) is 5.75 Å². The third-order valence-corrected chi connectivity index (χ3v) is 18.4. The molecule has 0 aromatic heterocycles. The average molecular weight is 1320 g/mol. The molecule has 0 aliphatic carbocycles. The summed E-state index contributed by atoms with van der Waals surface area (Å²) in [7, 11) is -4.84. The van der Waals surface area contributed by atoms with Crippen molar-refractivity contribution in [1.82, 2.24) is 31.5 Å². The Labute approximate surface area is 527 Å². The first-order chi connectivity index (χ1) is 42.4. The van der Waals surface area contributed by atoms with E-state index in [-0.39, 0.29) is 86.7 Å². The van der Waals surface area contributed by atoms with Gasteiger partial charge in [-0.2, -0.15) is 18.2 Å². The number of carbonyl (C=O) groups excluding carboxylic acids is 5. The van der Waals surface area contributed by atoms with Crippen molar-refractivity contribution in [2.75, 3.05) is 56.4 Å². The number of aliphatic imine (C=N–C) groups is 1. The van der Waals surface area contributed by atoms with Gasteiger partial charge in [-0.15, -0.1) is 0 Å². The molecule has 5 atom stereocenters. The lowest BCUT2D eigenvalue weighted by molar-refractivity contribution is -0.804. The molecule has 0 saturated heterocycles. The van der Waals surface area contributed by atoms with Gasteiger partial charge in [-0.25, -0.2) is 4.79 Å². The number of amides is 5. The fourth-order valence-corrected chi connectivity index (χ4v) is 12.1. The zero-order valence-corrected chi connectivity index (χ0v) is 54.0. The first-order valence-corrected chi connectivity index (χ1v) is 32.7. The van der Waals surface area contributed by atoms with E-state index in [1.54, 1.807) is 81.4 Å². The second-order valence-corrected chi connectivity index (χ2v) is 26.5. The van der Waals surface area contributed by atoms with E-state index in [0.29, 0.717) is 34.0 Å². The molecule has 4 rings (SSSR count). The van der Waals surface area contributed by atoms with Crippen molar-refractivity contribution in [1.29, 1.82) is 0 Å². The maximum atomic E-state index is 14.3. The quantitative estimate of drug-likeness (QED) is 0.00444. The molecule has 90 heavy (non-hydrogen) atoms. The van der Waals surface area contributed by atoms with Gasteiger partial charge in [-0.05, 0) is 117 Å². The van der Waals surface area contributed by atoms with E-state index < -0.39 is 101 Å². The molecule has 5 amide bonds. The maximum Gasteiger partial charge on any atom is 0.405 e. The van der Waals surface area contributed by atoms with Gasteiger partial charge in [0.2, 0.25) is 35.8 Å². The monoisotopic (exact) mass is 1320 g/mol. The van der Waals surface area contributed by atoms with Gasteiger partial charge in [0.15, 0.2) is 5.96 Å². The van der Waals surface area contributed by atoms with Crippen LogP contribution >= 0.6 is 19.5 Å². The van der Waals surface area contributed by atoms with Crippen molar-refractivity contribution in [2.45, 2.75) is 127 Å². The topological polar surface area (TPSA) is 434 Å². The molecule has 0 aliphatic heterocycles. The summed E-state index contributed by atoms with van der Waals surface area (Å²) in [5.74, 6) is -8.62. The predicted molar refractivity (Wildman–Crippen MR) is 339 cm³/mol. The summed E-state index contributed by atoms with van der Waals surface area (Å²) in [6.45, 7) is 9.93.